The molecule has 0 aromatic carbocycles. The lowest BCUT2D eigenvalue weighted by molar-refractivity contribution is 0.768. The maximum Gasteiger partial charge on any atom is 0.165 e. The van der Waals surface area contributed by atoms with Gasteiger partial charge in [0.15, 0.2) is 5.82 Å². The highest BCUT2D eigenvalue weighted by molar-refractivity contribution is 14.1. The Hall–Kier alpha value is -1.18. The zero-order valence-electron chi connectivity index (χ0n) is 9.32. The Bertz CT molecular complexity index is 520. The molecule has 0 aliphatic rings. The molecule has 2 heterocycles. The predicted molar refractivity (Wildman–Crippen MR) is 71.2 cm³/mol. The molecule has 0 bridgehead atoms. The second-order valence-electron chi connectivity index (χ2n) is 3.45. The molecule has 0 aliphatic heterocycles. The quantitative estimate of drug-likeness (QED) is 0.854. The normalized spacial score (nSPS) is 10.5. The van der Waals surface area contributed by atoms with Gasteiger partial charge in [-0.2, -0.15) is 5.10 Å². The molecule has 0 fully saturated rings. The summed E-state index contributed by atoms with van der Waals surface area (Å²) < 4.78 is 2.79. The van der Waals surface area contributed by atoms with Gasteiger partial charge in [-0.25, -0.2) is 9.97 Å². The van der Waals surface area contributed by atoms with Crippen LogP contribution in [-0.2, 0) is 7.05 Å². The van der Waals surface area contributed by atoms with Crippen molar-refractivity contribution in [2.45, 2.75) is 6.92 Å². The van der Waals surface area contributed by atoms with E-state index in [2.05, 4.69) is 43.0 Å². The fourth-order valence-electron chi connectivity index (χ4n) is 1.39. The fourth-order valence-corrected chi connectivity index (χ4v) is 1.90. The van der Waals surface area contributed by atoms with E-state index >= 15 is 0 Å². The lowest BCUT2D eigenvalue weighted by Crippen LogP contribution is -2.02. The number of hydrogen-bond acceptors (Lipinski definition) is 4. The Morgan fingerprint density at radius 3 is 2.69 bits per heavy atom. The highest BCUT2D eigenvalue weighted by Gasteiger charge is 2.10. The van der Waals surface area contributed by atoms with Gasteiger partial charge >= 0.3 is 0 Å². The summed E-state index contributed by atoms with van der Waals surface area (Å²) in [5.74, 6) is 1.56. The molecule has 2 rings (SSSR count). The first kappa shape index (κ1) is 11.3. The molecule has 0 saturated carbocycles. The third-order valence-electron chi connectivity index (χ3n) is 2.22. The van der Waals surface area contributed by atoms with E-state index in [-0.39, 0.29) is 0 Å². The summed E-state index contributed by atoms with van der Waals surface area (Å²) >= 11 is 2.24. The van der Waals surface area contributed by atoms with Gasteiger partial charge in [0.25, 0.3) is 0 Å². The zero-order chi connectivity index (χ0) is 11.7. The third kappa shape index (κ3) is 2.01. The van der Waals surface area contributed by atoms with Crippen molar-refractivity contribution >= 4 is 28.4 Å². The van der Waals surface area contributed by atoms with E-state index in [1.165, 1.54) is 0 Å². The average Bonchev–Trinajstić information content (AvgIpc) is 2.69. The van der Waals surface area contributed by atoms with E-state index in [0.717, 1.165) is 20.6 Å². The number of hydrogen-bond donors (Lipinski definition) is 1. The third-order valence-corrected chi connectivity index (χ3v) is 3.51. The lowest BCUT2D eigenvalue weighted by atomic mass is 10.3. The van der Waals surface area contributed by atoms with Crippen molar-refractivity contribution in [3.05, 3.63) is 21.7 Å². The van der Waals surface area contributed by atoms with Gasteiger partial charge in [0.2, 0.25) is 0 Å². The fraction of sp³-hybridized carbons (Fsp3) is 0.300. The summed E-state index contributed by atoms with van der Waals surface area (Å²) in [5.41, 5.74) is 1.90. The number of nitrogens with zero attached hydrogens (tertiary/aromatic N) is 4. The van der Waals surface area contributed by atoms with Crippen molar-refractivity contribution in [3.63, 3.8) is 0 Å². The van der Waals surface area contributed by atoms with Crippen molar-refractivity contribution in [2.75, 3.05) is 12.4 Å². The van der Waals surface area contributed by atoms with Crippen molar-refractivity contribution < 1.29 is 0 Å². The Morgan fingerprint density at radius 1 is 1.38 bits per heavy atom. The smallest absolute Gasteiger partial charge is 0.165 e. The van der Waals surface area contributed by atoms with Crippen LogP contribution in [-0.4, -0.2) is 26.8 Å². The number of anilines is 1. The molecule has 0 unspecified atom stereocenters. The molecule has 84 valence electrons. The highest BCUT2D eigenvalue weighted by atomic mass is 127. The largest absolute Gasteiger partial charge is 0.372 e. The number of rotatable bonds is 2. The van der Waals surface area contributed by atoms with Crippen molar-refractivity contribution in [1.82, 2.24) is 19.7 Å². The standard InChI is InChI=1S/C10H12IN5/c1-6-8(11)10(12-2)15-9(14-6)7-4-13-16(3)5-7/h4-5H,1-3H3,(H,12,14,15). The van der Waals surface area contributed by atoms with E-state index in [1.54, 1.807) is 10.9 Å². The van der Waals surface area contributed by atoms with E-state index in [1.807, 2.05) is 27.2 Å². The van der Waals surface area contributed by atoms with Gasteiger partial charge in [-0.3, -0.25) is 4.68 Å². The van der Waals surface area contributed by atoms with Crippen LogP contribution in [0.1, 0.15) is 5.69 Å². The molecule has 6 heteroatoms. The van der Waals surface area contributed by atoms with Crippen LogP contribution in [0.5, 0.6) is 0 Å². The molecule has 1 N–H and O–H groups in total. The maximum atomic E-state index is 4.45. The Labute approximate surface area is 107 Å². The molecule has 0 aliphatic carbocycles. The minimum Gasteiger partial charge on any atom is -0.372 e. The van der Waals surface area contributed by atoms with Gasteiger partial charge in [0.1, 0.15) is 5.82 Å². The summed E-state index contributed by atoms with van der Waals surface area (Å²) in [5, 5.41) is 7.18. The van der Waals surface area contributed by atoms with Crippen LogP contribution in [0.2, 0.25) is 0 Å². The van der Waals surface area contributed by atoms with Gasteiger partial charge in [0, 0.05) is 20.3 Å². The number of nitrogens with one attached hydrogen (secondary N) is 1. The molecule has 5 nitrogen and oxygen atoms in total. The molecule has 16 heavy (non-hydrogen) atoms. The summed E-state index contributed by atoms with van der Waals surface area (Å²) in [7, 11) is 3.74. The Kier molecular flexibility index (Phi) is 3.08. The molecular formula is C10H12IN5. The molecule has 2 aromatic rings. The van der Waals surface area contributed by atoms with E-state index < -0.39 is 0 Å². The van der Waals surface area contributed by atoms with Crippen LogP contribution in [0, 0.1) is 10.5 Å². The molecular weight excluding hydrogens is 317 g/mol. The Balaban J connectivity index is 2.54. The zero-order valence-corrected chi connectivity index (χ0v) is 11.5. The summed E-state index contributed by atoms with van der Waals surface area (Å²) in [4.78, 5) is 8.91. The molecule has 0 amide bonds. The molecule has 0 radical (unpaired) electrons. The van der Waals surface area contributed by atoms with Crippen LogP contribution in [0.15, 0.2) is 12.4 Å². The second kappa shape index (κ2) is 4.36. The first-order chi connectivity index (χ1) is 7.61. The number of aryl methyl sites for hydroxylation is 2. The SMILES string of the molecule is CNc1nc(-c2cnn(C)c2)nc(C)c1I. The summed E-state index contributed by atoms with van der Waals surface area (Å²) in [6.07, 6.45) is 3.67. The van der Waals surface area contributed by atoms with Gasteiger partial charge in [-0.1, -0.05) is 0 Å². The summed E-state index contributed by atoms with van der Waals surface area (Å²) in [6, 6.07) is 0. The Morgan fingerprint density at radius 2 is 2.12 bits per heavy atom. The van der Waals surface area contributed by atoms with Crippen molar-refractivity contribution in [2.24, 2.45) is 7.05 Å². The van der Waals surface area contributed by atoms with E-state index in [0.29, 0.717) is 5.82 Å². The monoisotopic (exact) mass is 329 g/mol. The van der Waals surface area contributed by atoms with Gasteiger partial charge in [-0.15, -0.1) is 0 Å². The van der Waals surface area contributed by atoms with Crippen LogP contribution < -0.4 is 5.32 Å². The summed E-state index contributed by atoms with van der Waals surface area (Å²) in [6.45, 7) is 1.98. The minimum atomic E-state index is 0.704. The van der Waals surface area contributed by atoms with Crippen molar-refractivity contribution in [1.29, 1.82) is 0 Å². The van der Waals surface area contributed by atoms with Crippen LogP contribution in [0.25, 0.3) is 11.4 Å². The molecule has 0 saturated heterocycles. The molecule has 0 atom stereocenters. The lowest BCUT2D eigenvalue weighted by Gasteiger charge is -2.07. The van der Waals surface area contributed by atoms with Gasteiger partial charge in [-0.05, 0) is 29.5 Å². The second-order valence-corrected chi connectivity index (χ2v) is 4.53. The van der Waals surface area contributed by atoms with Gasteiger partial charge < -0.3 is 5.32 Å². The minimum absolute atomic E-state index is 0.704. The average molecular weight is 329 g/mol. The van der Waals surface area contributed by atoms with Crippen LogP contribution in [0.3, 0.4) is 0 Å². The topological polar surface area (TPSA) is 55.6 Å². The van der Waals surface area contributed by atoms with Crippen LogP contribution >= 0.6 is 22.6 Å². The first-order valence-electron chi connectivity index (χ1n) is 4.82. The molecule has 0 spiro atoms. The highest BCUT2D eigenvalue weighted by Crippen LogP contribution is 2.22. The maximum absolute atomic E-state index is 4.45. The predicted octanol–water partition coefficient (Wildman–Crippen LogP) is 1.83. The van der Waals surface area contributed by atoms with E-state index in [9.17, 15) is 0 Å². The first-order valence-corrected chi connectivity index (χ1v) is 5.90. The molecule has 2 aromatic heterocycles. The number of aromatic nitrogens is 4. The number of halogens is 1. The van der Waals surface area contributed by atoms with Crippen molar-refractivity contribution in [3.8, 4) is 11.4 Å². The van der Waals surface area contributed by atoms with Gasteiger partial charge in [0.05, 0.1) is 21.0 Å². The van der Waals surface area contributed by atoms with Crippen LogP contribution in [0.4, 0.5) is 5.82 Å². The van der Waals surface area contributed by atoms with E-state index in [4.69, 9.17) is 0 Å².